The molecule has 0 amide bonds. The number of hydrogen-bond donors (Lipinski definition) is 1. The van der Waals surface area contributed by atoms with Crippen molar-refractivity contribution in [1.82, 2.24) is 0 Å². The predicted octanol–water partition coefficient (Wildman–Crippen LogP) is 3.20. The molecule has 0 aromatic heterocycles. The van der Waals surface area contributed by atoms with Gasteiger partial charge in [0.2, 0.25) is 0 Å². The van der Waals surface area contributed by atoms with Crippen molar-refractivity contribution in [2.45, 2.75) is 12.2 Å². The molecule has 0 heterocycles. The molecule has 1 aromatic rings. The minimum atomic E-state index is 0.433. The van der Waals surface area contributed by atoms with E-state index in [-0.39, 0.29) is 0 Å². The van der Waals surface area contributed by atoms with Gasteiger partial charge in [-0.15, -0.1) is 0 Å². The highest BCUT2D eigenvalue weighted by Gasteiger charge is 2.08. The fourth-order valence-corrected chi connectivity index (χ4v) is 2.50. The van der Waals surface area contributed by atoms with E-state index in [1.165, 1.54) is 5.56 Å². The summed E-state index contributed by atoms with van der Waals surface area (Å²) in [7, 11) is 0. The number of benzene rings is 1. The van der Waals surface area contributed by atoms with E-state index in [9.17, 15) is 0 Å². The Morgan fingerprint density at radius 3 is 2.85 bits per heavy atom. The second-order valence-corrected chi connectivity index (χ2v) is 5.13. The second-order valence-electron chi connectivity index (χ2n) is 2.73. The standard InChI is InChI=1S/C10H14BrNS/c1-2-13-10(7-12)8-4-3-5-9(11)6-8/h3-6,10H,2,7,12H2,1H3. The maximum atomic E-state index is 5.70. The topological polar surface area (TPSA) is 26.0 Å². The molecule has 0 radical (unpaired) electrons. The molecule has 1 unspecified atom stereocenters. The minimum absolute atomic E-state index is 0.433. The first-order valence-electron chi connectivity index (χ1n) is 4.35. The Kier molecular flexibility index (Phi) is 4.84. The van der Waals surface area contributed by atoms with Crippen LogP contribution in [0.3, 0.4) is 0 Å². The lowest BCUT2D eigenvalue weighted by Crippen LogP contribution is -2.09. The van der Waals surface area contributed by atoms with Crippen molar-refractivity contribution in [3.8, 4) is 0 Å². The summed E-state index contributed by atoms with van der Waals surface area (Å²) in [6.45, 7) is 2.86. The zero-order chi connectivity index (χ0) is 9.68. The number of rotatable bonds is 4. The van der Waals surface area contributed by atoms with Gasteiger partial charge in [0.05, 0.1) is 0 Å². The molecule has 0 aliphatic heterocycles. The van der Waals surface area contributed by atoms with Gasteiger partial charge in [-0.25, -0.2) is 0 Å². The molecular formula is C10H14BrNS. The van der Waals surface area contributed by atoms with Crippen molar-refractivity contribution < 1.29 is 0 Å². The highest BCUT2D eigenvalue weighted by Crippen LogP contribution is 2.28. The van der Waals surface area contributed by atoms with E-state index in [0.717, 1.165) is 10.2 Å². The lowest BCUT2D eigenvalue weighted by molar-refractivity contribution is 0.941. The number of halogens is 1. The summed E-state index contributed by atoms with van der Waals surface area (Å²) in [6.07, 6.45) is 0. The summed E-state index contributed by atoms with van der Waals surface area (Å²) in [5, 5.41) is 0.433. The Hall–Kier alpha value is 0.01000. The average molecular weight is 260 g/mol. The van der Waals surface area contributed by atoms with E-state index in [4.69, 9.17) is 5.73 Å². The average Bonchev–Trinajstić information content (AvgIpc) is 2.14. The first-order valence-corrected chi connectivity index (χ1v) is 6.19. The lowest BCUT2D eigenvalue weighted by Gasteiger charge is -2.13. The van der Waals surface area contributed by atoms with Gasteiger partial charge in [0.15, 0.2) is 0 Å². The molecule has 2 N–H and O–H groups in total. The van der Waals surface area contributed by atoms with Crippen LogP contribution in [-0.2, 0) is 0 Å². The summed E-state index contributed by atoms with van der Waals surface area (Å²) < 4.78 is 1.13. The summed E-state index contributed by atoms with van der Waals surface area (Å²) in [5.41, 5.74) is 7.01. The van der Waals surface area contributed by atoms with E-state index >= 15 is 0 Å². The minimum Gasteiger partial charge on any atom is -0.329 e. The Morgan fingerprint density at radius 2 is 2.31 bits per heavy atom. The summed E-state index contributed by atoms with van der Waals surface area (Å²) >= 11 is 5.35. The molecule has 0 aliphatic carbocycles. The van der Waals surface area contributed by atoms with Crippen LogP contribution in [0, 0.1) is 0 Å². The van der Waals surface area contributed by atoms with Gasteiger partial charge >= 0.3 is 0 Å². The van der Waals surface area contributed by atoms with E-state index in [0.29, 0.717) is 11.8 Å². The van der Waals surface area contributed by atoms with Crippen LogP contribution in [0.5, 0.6) is 0 Å². The van der Waals surface area contributed by atoms with Crippen LogP contribution < -0.4 is 5.73 Å². The van der Waals surface area contributed by atoms with Crippen LogP contribution in [0.4, 0.5) is 0 Å². The third-order valence-corrected chi connectivity index (χ3v) is 3.50. The molecule has 3 heteroatoms. The predicted molar refractivity (Wildman–Crippen MR) is 64.1 cm³/mol. The Bertz CT molecular complexity index is 265. The molecule has 0 bridgehead atoms. The molecule has 72 valence electrons. The van der Waals surface area contributed by atoms with Crippen molar-refractivity contribution in [3.63, 3.8) is 0 Å². The van der Waals surface area contributed by atoms with Gasteiger partial charge in [-0.1, -0.05) is 35.0 Å². The maximum Gasteiger partial charge on any atom is 0.0419 e. The van der Waals surface area contributed by atoms with Crippen LogP contribution in [0.2, 0.25) is 0 Å². The molecule has 1 aromatic carbocycles. The van der Waals surface area contributed by atoms with Crippen molar-refractivity contribution in [2.24, 2.45) is 5.73 Å². The molecule has 0 aliphatic rings. The van der Waals surface area contributed by atoms with E-state index in [1.807, 2.05) is 17.8 Å². The fourth-order valence-electron chi connectivity index (χ4n) is 1.21. The molecule has 1 atom stereocenters. The second kappa shape index (κ2) is 5.68. The van der Waals surface area contributed by atoms with Crippen molar-refractivity contribution in [1.29, 1.82) is 0 Å². The Labute approximate surface area is 92.2 Å². The number of nitrogens with two attached hydrogens (primary N) is 1. The van der Waals surface area contributed by atoms with Gasteiger partial charge in [-0.05, 0) is 23.4 Å². The summed E-state index contributed by atoms with van der Waals surface area (Å²) in [5.74, 6) is 1.11. The monoisotopic (exact) mass is 259 g/mol. The van der Waals surface area contributed by atoms with E-state index in [2.05, 4.69) is 41.1 Å². The smallest absolute Gasteiger partial charge is 0.0419 e. The molecule has 13 heavy (non-hydrogen) atoms. The quantitative estimate of drug-likeness (QED) is 0.899. The molecular weight excluding hydrogens is 246 g/mol. The van der Waals surface area contributed by atoms with Crippen LogP contribution in [0.15, 0.2) is 28.7 Å². The van der Waals surface area contributed by atoms with Gasteiger partial charge in [0.25, 0.3) is 0 Å². The Morgan fingerprint density at radius 1 is 1.54 bits per heavy atom. The molecule has 0 spiro atoms. The molecule has 0 saturated carbocycles. The van der Waals surface area contributed by atoms with Gasteiger partial charge in [-0.3, -0.25) is 0 Å². The SMILES string of the molecule is CCSC(CN)c1cccc(Br)c1. The van der Waals surface area contributed by atoms with Gasteiger partial charge in [0, 0.05) is 16.3 Å². The molecule has 1 nitrogen and oxygen atoms in total. The van der Waals surface area contributed by atoms with Gasteiger partial charge in [-0.2, -0.15) is 11.8 Å². The summed E-state index contributed by atoms with van der Waals surface area (Å²) in [6, 6.07) is 8.36. The largest absolute Gasteiger partial charge is 0.329 e. The first kappa shape index (κ1) is 11.1. The van der Waals surface area contributed by atoms with E-state index < -0.39 is 0 Å². The van der Waals surface area contributed by atoms with Crippen molar-refractivity contribution in [2.75, 3.05) is 12.3 Å². The first-order chi connectivity index (χ1) is 6.27. The zero-order valence-corrected chi connectivity index (χ0v) is 10.1. The van der Waals surface area contributed by atoms with Crippen LogP contribution >= 0.6 is 27.7 Å². The van der Waals surface area contributed by atoms with Crippen LogP contribution in [0.1, 0.15) is 17.7 Å². The van der Waals surface area contributed by atoms with Crippen molar-refractivity contribution in [3.05, 3.63) is 34.3 Å². The van der Waals surface area contributed by atoms with Crippen LogP contribution in [0.25, 0.3) is 0 Å². The lowest BCUT2D eigenvalue weighted by atomic mass is 10.1. The van der Waals surface area contributed by atoms with Gasteiger partial charge < -0.3 is 5.73 Å². The van der Waals surface area contributed by atoms with Crippen molar-refractivity contribution >= 4 is 27.7 Å². The normalized spacial score (nSPS) is 12.8. The van der Waals surface area contributed by atoms with Gasteiger partial charge in [0.1, 0.15) is 0 Å². The number of hydrogen-bond acceptors (Lipinski definition) is 2. The van der Waals surface area contributed by atoms with Crippen LogP contribution in [-0.4, -0.2) is 12.3 Å². The molecule has 0 fully saturated rings. The third-order valence-electron chi connectivity index (χ3n) is 1.80. The fraction of sp³-hybridized carbons (Fsp3) is 0.400. The highest BCUT2D eigenvalue weighted by molar-refractivity contribution is 9.10. The number of thioether (sulfide) groups is 1. The molecule has 1 rings (SSSR count). The maximum absolute atomic E-state index is 5.70. The van der Waals surface area contributed by atoms with E-state index in [1.54, 1.807) is 0 Å². The molecule has 0 saturated heterocycles. The Balaban J connectivity index is 2.78. The summed E-state index contributed by atoms with van der Waals surface area (Å²) in [4.78, 5) is 0. The third kappa shape index (κ3) is 3.33. The highest BCUT2D eigenvalue weighted by atomic mass is 79.9. The zero-order valence-electron chi connectivity index (χ0n) is 7.66.